The van der Waals surface area contributed by atoms with Gasteiger partial charge in [0.1, 0.15) is 5.60 Å². The van der Waals surface area contributed by atoms with E-state index in [0.717, 1.165) is 0 Å². The minimum absolute atomic E-state index is 0.120. The van der Waals surface area contributed by atoms with Gasteiger partial charge in [-0.1, -0.05) is 12.1 Å². The Bertz CT molecular complexity index is 609. The maximum Gasteiger partial charge on any atom is 0.349 e. The number of carbonyl (C=O) groups excluding carboxylic acids is 1. The molecule has 1 unspecified atom stereocenters. The van der Waals surface area contributed by atoms with Crippen LogP contribution < -0.4 is 5.48 Å². The van der Waals surface area contributed by atoms with Gasteiger partial charge in [0.15, 0.2) is 5.84 Å². The smallest absolute Gasteiger partial charge is 0.349 e. The molecule has 0 aromatic heterocycles. The second-order valence-corrected chi connectivity index (χ2v) is 6.73. The molecule has 8 heteroatoms. The SMILES string of the molecule is CC(C)(C)OC(=O)c1cccc(C2=NC(C(F)(F)Br)ON2)c1. The first kappa shape index (κ1) is 16.8. The molecule has 0 saturated carbocycles. The topological polar surface area (TPSA) is 59.9 Å². The molecule has 0 bridgehead atoms. The second kappa shape index (κ2) is 5.92. The van der Waals surface area contributed by atoms with E-state index in [1.165, 1.54) is 6.07 Å². The van der Waals surface area contributed by atoms with Crippen LogP contribution >= 0.6 is 15.9 Å². The molecule has 1 N–H and O–H groups in total. The average molecular weight is 377 g/mol. The Kier molecular flexibility index (Phi) is 4.53. The van der Waals surface area contributed by atoms with Crippen molar-refractivity contribution in [1.29, 1.82) is 0 Å². The van der Waals surface area contributed by atoms with Crippen molar-refractivity contribution in [3.63, 3.8) is 0 Å². The van der Waals surface area contributed by atoms with Crippen molar-refractivity contribution in [2.75, 3.05) is 0 Å². The fraction of sp³-hybridized carbons (Fsp3) is 0.429. The Morgan fingerprint density at radius 3 is 2.64 bits per heavy atom. The van der Waals surface area contributed by atoms with Gasteiger partial charge in [0.05, 0.1) is 5.56 Å². The summed E-state index contributed by atoms with van der Waals surface area (Å²) in [4.78, 5) is 17.2. The molecule has 1 heterocycles. The van der Waals surface area contributed by atoms with Crippen molar-refractivity contribution >= 4 is 27.7 Å². The maximum absolute atomic E-state index is 13.1. The Balaban J connectivity index is 2.21. The van der Waals surface area contributed by atoms with E-state index >= 15 is 0 Å². The van der Waals surface area contributed by atoms with Gasteiger partial charge in [-0.2, -0.15) is 8.78 Å². The third-order valence-corrected chi connectivity index (χ3v) is 2.96. The highest BCUT2D eigenvalue weighted by molar-refractivity contribution is 9.10. The van der Waals surface area contributed by atoms with Gasteiger partial charge in [-0.25, -0.2) is 20.1 Å². The van der Waals surface area contributed by atoms with Crippen LogP contribution in [0.5, 0.6) is 0 Å². The summed E-state index contributed by atoms with van der Waals surface area (Å²) in [6.07, 6.45) is -1.67. The number of alkyl halides is 3. The van der Waals surface area contributed by atoms with Crippen LogP contribution in [0.1, 0.15) is 36.7 Å². The lowest BCUT2D eigenvalue weighted by molar-refractivity contribution is -0.0770. The second-order valence-electron chi connectivity index (χ2n) is 5.67. The Morgan fingerprint density at radius 1 is 1.41 bits per heavy atom. The van der Waals surface area contributed by atoms with Crippen molar-refractivity contribution in [3.05, 3.63) is 35.4 Å². The van der Waals surface area contributed by atoms with Gasteiger partial charge >= 0.3 is 10.8 Å². The van der Waals surface area contributed by atoms with Crippen LogP contribution in [0, 0.1) is 0 Å². The third-order valence-electron chi connectivity index (χ3n) is 2.56. The van der Waals surface area contributed by atoms with E-state index in [2.05, 4.69) is 26.4 Å². The van der Waals surface area contributed by atoms with Crippen LogP contribution in [-0.2, 0) is 9.57 Å². The van der Waals surface area contributed by atoms with E-state index in [1.807, 2.05) is 0 Å². The zero-order chi connectivity index (χ0) is 16.5. The van der Waals surface area contributed by atoms with E-state index in [9.17, 15) is 13.6 Å². The maximum atomic E-state index is 13.1. The van der Waals surface area contributed by atoms with Gasteiger partial charge in [-0.05, 0) is 48.8 Å². The number of hydrogen-bond donors (Lipinski definition) is 1. The first-order chi connectivity index (χ1) is 10.1. The molecule has 0 saturated heterocycles. The summed E-state index contributed by atoms with van der Waals surface area (Å²) in [5.74, 6) is -0.384. The number of nitrogens with one attached hydrogen (secondary N) is 1. The van der Waals surface area contributed by atoms with Gasteiger partial charge in [-0.3, -0.25) is 0 Å². The molecule has 22 heavy (non-hydrogen) atoms. The normalized spacial score (nSPS) is 18.6. The number of nitrogens with zero attached hydrogens (tertiary/aromatic N) is 1. The first-order valence-electron chi connectivity index (χ1n) is 6.46. The molecule has 5 nitrogen and oxygen atoms in total. The van der Waals surface area contributed by atoms with E-state index < -0.39 is 22.6 Å². The molecule has 1 aromatic rings. The quantitative estimate of drug-likeness (QED) is 0.649. The number of ether oxygens (including phenoxy) is 1. The zero-order valence-electron chi connectivity index (χ0n) is 12.2. The van der Waals surface area contributed by atoms with Crippen LogP contribution in [0.25, 0.3) is 0 Å². The van der Waals surface area contributed by atoms with Gasteiger partial charge < -0.3 is 4.74 Å². The number of hydroxylamine groups is 1. The molecular weight excluding hydrogens is 362 g/mol. The van der Waals surface area contributed by atoms with Gasteiger partial charge in [-0.15, -0.1) is 0 Å². The van der Waals surface area contributed by atoms with E-state index in [4.69, 9.17) is 9.57 Å². The summed E-state index contributed by atoms with van der Waals surface area (Å²) in [5, 5.41) is 0. The summed E-state index contributed by atoms with van der Waals surface area (Å²) in [7, 11) is 0. The monoisotopic (exact) mass is 376 g/mol. The molecule has 0 fully saturated rings. The van der Waals surface area contributed by atoms with Crippen molar-refractivity contribution in [3.8, 4) is 0 Å². The highest BCUT2D eigenvalue weighted by Gasteiger charge is 2.41. The van der Waals surface area contributed by atoms with Crippen LogP contribution in [0.4, 0.5) is 8.78 Å². The molecule has 120 valence electrons. The lowest BCUT2D eigenvalue weighted by atomic mass is 10.1. The summed E-state index contributed by atoms with van der Waals surface area (Å²) in [6.45, 7) is 5.27. The number of halogens is 3. The number of benzene rings is 1. The van der Waals surface area contributed by atoms with Gasteiger partial charge in [0, 0.05) is 5.56 Å². The Hall–Kier alpha value is -1.54. The van der Waals surface area contributed by atoms with Crippen molar-refractivity contribution in [2.24, 2.45) is 4.99 Å². The lowest BCUT2D eigenvalue weighted by Gasteiger charge is -2.19. The minimum Gasteiger partial charge on any atom is -0.456 e. The highest BCUT2D eigenvalue weighted by atomic mass is 79.9. The Labute approximate surface area is 134 Å². The Morgan fingerprint density at radius 2 is 2.09 bits per heavy atom. The number of rotatable bonds is 3. The molecule has 1 aromatic carbocycles. The number of hydrogen-bond acceptors (Lipinski definition) is 5. The number of amidine groups is 1. The lowest BCUT2D eigenvalue weighted by Crippen LogP contribution is -2.28. The molecule has 0 amide bonds. The van der Waals surface area contributed by atoms with Crippen LogP contribution in [-0.4, -0.2) is 28.5 Å². The molecule has 1 atom stereocenters. The predicted molar refractivity (Wildman–Crippen MR) is 80.0 cm³/mol. The first-order valence-corrected chi connectivity index (χ1v) is 7.25. The zero-order valence-corrected chi connectivity index (χ0v) is 13.8. The minimum atomic E-state index is -3.29. The van der Waals surface area contributed by atoms with E-state index in [1.54, 1.807) is 39.0 Å². The number of carbonyl (C=O) groups is 1. The van der Waals surface area contributed by atoms with Crippen LogP contribution in [0.3, 0.4) is 0 Å². The van der Waals surface area contributed by atoms with Gasteiger partial charge in [0.2, 0.25) is 0 Å². The molecular formula is C14H15BrF2N2O3. The van der Waals surface area contributed by atoms with Crippen molar-refractivity contribution in [2.45, 2.75) is 37.4 Å². The van der Waals surface area contributed by atoms with Crippen molar-refractivity contribution in [1.82, 2.24) is 5.48 Å². The number of esters is 1. The fourth-order valence-electron chi connectivity index (χ4n) is 1.69. The summed E-state index contributed by atoms with van der Waals surface area (Å²) in [6, 6.07) is 6.30. The summed E-state index contributed by atoms with van der Waals surface area (Å²) >= 11 is 2.20. The summed E-state index contributed by atoms with van der Waals surface area (Å²) in [5.41, 5.74) is 2.45. The third kappa shape index (κ3) is 4.23. The van der Waals surface area contributed by atoms with Gasteiger partial charge in [0.25, 0.3) is 6.23 Å². The molecule has 1 aliphatic rings. The largest absolute Gasteiger partial charge is 0.456 e. The molecule has 1 aliphatic heterocycles. The summed E-state index contributed by atoms with van der Waals surface area (Å²) < 4.78 is 31.4. The number of aliphatic imine (C=N–C) groups is 1. The molecule has 0 radical (unpaired) electrons. The van der Waals surface area contributed by atoms with Crippen LogP contribution in [0.2, 0.25) is 0 Å². The molecule has 0 aliphatic carbocycles. The van der Waals surface area contributed by atoms with E-state index in [-0.39, 0.29) is 5.84 Å². The standard InChI is InChI=1S/C14H15BrF2N2O3/c1-13(2,3)21-11(20)9-6-4-5-8(7-9)10-18-12(22-19-10)14(15,16)17/h4-7,12H,1-3H3,(H,18,19). The predicted octanol–water partition coefficient (Wildman–Crippen LogP) is 3.24. The van der Waals surface area contributed by atoms with Crippen molar-refractivity contribution < 1.29 is 23.1 Å². The fourth-order valence-corrected chi connectivity index (χ4v) is 1.88. The molecule has 2 rings (SSSR count). The van der Waals surface area contributed by atoms with E-state index in [0.29, 0.717) is 11.1 Å². The average Bonchev–Trinajstić information content (AvgIpc) is 2.86. The highest BCUT2D eigenvalue weighted by Crippen LogP contribution is 2.31. The van der Waals surface area contributed by atoms with Crippen LogP contribution in [0.15, 0.2) is 29.3 Å². The molecule has 0 spiro atoms.